The fraction of sp³-hybridized carbons (Fsp3) is 0.579. The highest BCUT2D eigenvalue weighted by molar-refractivity contribution is 5.79. The predicted octanol–water partition coefficient (Wildman–Crippen LogP) is 4.11. The number of aromatic nitrogens is 1. The summed E-state index contributed by atoms with van der Waals surface area (Å²) in [6.45, 7) is 1.69. The number of nitrogens with zero attached hydrogens (tertiary/aromatic N) is 2. The normalized spacial score (nSPS) is 21.0. The van der Waals surface area contributed by atoms with Gasteiger partial charge in [-0.15, -0.1) is 0 Å². The van der Waals surface area contributed by atoms with Crippen molar-refractivity contribution < 1.29 is 9.21 Å². The fourth-order valence-electron chi connectivity index (χ4n) is 4.02. The molecule has 0 atom stereocenters. The van der Waals surface area contributed by atoms with Gasteiger partial charge in [-0.1, -0.05) is 31.4 Å². The monoisotopic (exact) mass is 312 g/mol. The molecule has 0 radical (unpaired) electrons. The average molecular weight is 312 g/mol. The van der Waals surface area contributed by atoms with Crippen molar-refractivity contribution in [2.45, 2.75) is 50.9 Å². The van der Waals surface area contributed by atoms with Crippen LogP contribution in [0, 0.1) is 5.92 Å². The van der Waals surface area contributed by atoms with Gasteiger partial charge in [-0.25, -0.2) is 4.98 Å². The zero-order valence-corrected chi connectivity index (χ0v) is 13.5. The lowest BCUT2D eigenvalue weighted by Gasteiger charge is -2.34. The van der Waals surface area contributed by atoms with Crippen LogP contribution in [0.25, 0.3) is 11.1 Å². The van der Waals surface area contributed by atoms with Crippen molar-refractivity contribution in [1.82, 2.24) is 9.88 Å². The van der Waals surface area contributed by atoms with Gasteiger partial charge in [-0.2, -0.15) is 0 Å². The van der Waals surface area contributed by atoms with Crippen molar-refractivity contribution in [3.05, 3.63) is 30.2 Å². The standard InChI is InChI=1S/C19H24N2O2/c22-19(15-6-2-1-3-7-15)21-12-10-14(11-13-21)18-20-16-8-4-5-9-17(16)23-18/h4-5,8-9,14-15H,1-3,6-7,10-13H2. The van der Waals surface area contributed by atoms with Gasteiger partial charge in [0.05, 0.1) is 0 Å². The summed E-state index contributed by atoms with van der Waals surface area (Å²) in [5.41, 5.74) is 1.80. The average Bonchev–Trinajstić information content (AvgIpc) is 3.06. The number of fused-ring (bicyclic) bond motifs is 1. The van der Waals surface area contributed by atoms with Gasteiger partial charge in [0.2, 0.25) is 5.91 Å². The Morgan fingerprint density at radius 1 is 1.04 bits per heavy atom. The lowest BCUT2D eigenvalue weighted by Crippen LogP contribution is -2.41. The number of likely N-dealkylation sites (tertiary alicyclic amines) is 1. The van der Waals surface area contributed by atoms with Crippen LogP contribution in [0.1, 0.15) is 56.8 Å². The Hall–Kier alpha value is -1.84. The van der Waals surface area contributed by atoms with Crippen molar-refractivity contribution in [2.75, 3.05) is 13.1 Å². The largest absolute Gasteiger partial charge is 0.440 e. The third-order valence-corrected chi connectivity index (χ3v) is 5.42. The summed E-state index contributed by atoms with van der Waals surface area (Å²) in [6.07, 6.45) is 7.83. The van der Waals surface area contributed by atoms with E-state index in [2.05, 4.69) is 9.88 Å². The second-order valence-electron chi connectivity index (χ2n) is 6.95. The van der Waals surface area contributed by atoms with Gasteiger partial charge in [0, 0.05) is 24.9 Å². The number of amides is 1. The Bertz CT molecular complexity index is 646. The Balaban J connectivity index is 1.39. The molecule has 0 unspecified atom stereocenters. The molecule has 23 heavy (non-hydrogen) atoms. The topological polar surface area (TPSA) is 46.3 Å². The van der Waals surface area contributed by atoms with E-state index in [4.69, 9.17) is 4.42 Å². The van der Waals surface area contributed by atoms with Gasteiger partial charge < -0.3 is 9.32 Å². The van der Waals surface area contributed by atoms with Crippen molar-refractivity contribution in [3.63, 3.8) is 0 Å². The minimum Gasteiger partial charge on any atom is -0.440 e. The number of carbonyl (C=O) groups is 1. The van der Waals surface area contributed by atoms with Crippen LogP contribution in [-0.2, 0) is 4.79 Å². The molecule has 1 saturated carbocycles. The molecule has 4 rings (SSSR count). The molecule has 1 aliphatic carbocycles. The number of rotatable bonds is 2. The van der Waals surface area contributed by atoms with Crippen LogP contribution >= 0.6 is 0 Å². The first-order valence-electron chi connectivity index (χ1n) is 8.95. The first-order chi connectivity index (χ1) is 11.3. The lowest BCUT2D eigenvalue weighted by atomic mass is 9.87. The number of benzene rings is 1. The summed E-state index contributed by atoms with van der Waals surface area (Å²) < 4.78 is 5.90. The van der Waals surface area contributed by atoms with E-state index in [1.165, 1.54) is 19.3 Å². The molecule has 1 aromatic carbocycles. The Kier molecular flexibility index (Phi) is 4.06. The maximum Gasteiger partial charge on any atom is 0.225 e. The smallest absolute Gasteiger partial charge is 0.225 e. The van der Waals surface area contributed by atoms with Gasteiger partial charge in [-0.05, 0) is 37.8 Å². The molecule has 0 N–H and O–H groups in total. The summed E-state index contributed by atoms with van der Waals surface area (Å²) >= 11 is 0. The number of hydrogen-bond acceptors (Lipinski definition) is 3. The quantitative estimate of drug-likeness (QED) is 0.838. The van der Waals surface area contributed by atoms with Crippen molar-refractivity contribution in [3.8, 4) is 0 Å². The summed E-state index contributed by atoms with van der Waals surface area (Å²) in [5, 5.41) is 0. The SMILES string of the molecule is O=C(C1CCCCC1)N1CCC(c2nc3ccccc3o2)CC1. The number of piperidine rings is 1. The third-order valence-electron chi connectivity index (χ3n) is 5.42. The van der Waals surface area contributed by atoms with E-state index < -0.39 is 0 Å². The van der Waals surface area contributed by atoms with Crippen molar-refractivity contribution >= 4 is 17.0 Å². The summed E-state index contributed by atoms with van der Waals surface area (Å²) in [6, 6.07) is 7.92. The molecule has 1 aliphatic heterocycles. The van der Waals surface area contributed by atoms with Gasteiger partial charge in [0.15, 0.2) is 11.5 Å². The molecule has 1 aromatic heterocycles. The zero-order valence-electron chi connectivity index (χ0n) is 13.5. The molecule has 0 bridgehead atoms. The number of carbonyl (C=O) groups excluding carboxylic acids is 1. The second kappa shape index (κ2) is 6.34. The highest BCUT2D eigenvalue weighted by Gasteiger charge is 2.31. The van der Waals surface area contributed by atoms with Gasteiger partial charge >= 0.3 is 0 Å². The van der Waals surface area contributed by atoms with E-state index in [9.17, 15) is 4.79 Å². The molecular weight excluding hydrogens is 288 g/mol. The van der Waals surface area contributed by atoms with E-state index in [0.717, 1.165) is 55.8 Å². The minimum atomic E-state index is 0.282. The number of para-hydroxylation sites is 2. The van der Waals surface area contributed by atoms with Crippen LogP contribution in [-0.4, -0.2) is 28.9 Å². The molecule has 4 heteroatoms. The van der Waals surface area contributed by atoms with Gasteiger partial charge in [0.1, 0.15) is 5.52 Å². The molecule has 4 nitrogen and oxygen atoms in total. The molecule has 2 aromatic rings. The highest BCUT2D eigenvalue weighted by Crippen LogP contribution is 2.32. The zero-order chi connectivity index (χ0) is 15.6. The Morgan fingerprint density at radius 2 is 1.78 bits per heavy atom. The molecular formula is C19H24N2O2. The molecule has 2 fully saturated rings. The molecule has 2 heterocycles. The number of oxazole rings is 1. The molecule has 122 valence electrons. The van der Waals surface area contributed by atoms with E-state index >= 15 is 0 Å². The summed E-state index contributed by atoms with van der Waals surface area (Å²) in [5.74, 6) is 1.86. The molecule has 0 spiro atoms. The van der Waals surface area contributed by atoms with Gasteiger partial charge in [0.25, 0.3) is 0 Å². The Morgan fingerprint density at radius 3 is 2.52 bits per heavy atom. The first-order valence-corrected chi connectivity index (χ1v) is 8.95. The first kappa shape index (κ1) is 14.7. The van der Waals surface area contributed by atoms with Crippen LogP contribution in [0.4, 0.5) is 0 Å². The maximum absolute atomic E-state index is 12.6. The van der Waals surface area contributed by atoms with E-state index in [1.54, 1.807) is 0 Å². The molecule has 1 saturated heterocycles. The highest BCUT2D eigenvalue weighted by atomic mass is 16.3. The van der Waals surface area contributed by atoms with E-state index in [-0.39, 0.29) is 5.92 Å². The van der Waals surface area contributed by atoms with Crippen LogP contribution in [0.3, 0.4) is 0 Å². The fourth-order valence-corrected chi connectivity index (χ4v) is 4.02. The van der Waals surface area contributed by atoms with Gasteiger partial charge in [-0.3, -0.25) is 4.79 Å². The van der Waals surface area contributed by atoms with E-state index in [1.807, 2.05) is 24.3 Å². The molecule has 1 amide bonds. The summed E-state index contributed by atoms with van der Waals surface area (Å²) in [7, 11) is 0. The minimum absolute atomic E-state index is 0.282. The summed E-state index contributed by atoms with van der Waals surface area (Å²) in [4.78, 5) is 19.3. The van der Waals surface area contributed by atoms with Crippen molar-refractivity contribution in [1.29, 1.82) is 0 Å². The third kappa shape index (κ3) is 2.99. The predicted molar refractivity (Wildman–Crippen MR) is 89.1 cm³/mol. The number of hydrogen-bond donors (Lipinski definition) is 0. The molecule has 2 aliphatic rings. The van der Waals surface area contributed by atoms with Crippen LogP contribution in [0.15, 0.2) is 28.7 Å². The van der Waals surface area contributed by atoms with Crippen LogP contribution < -0.4 is 0 Å². The van der Waals surface area contributed by atoms with Crippen LogP contribution in [0.5, 0.6) is 0 Å². The Labute approximate surface area is 136 Å². The second-order valence-corrected chi connectivity index (χ2v) is 6.95. The van der Waals surface area contributed by atoms with Crippen LogP contribution in [0.2, 0.25) is 0 Å². The van der Waals surface area contributed by atoms with Crippen molar-refractivity contribution in [2.24, 2.45) is 5.92 Å². The van der Waals surface area contributed by atoms with E-state index in [0.29, 0.717) is 11.8 Å². The maximum atomic E-state index is 12.6. The lowest BCUT2D eigenvalue weighted by molar-refractivity contribution is -0.137.